The highest BCUT2D eigenvalue weighted by Gasteiger charge is 2.22. The lowest BCUT2D eigenvalue weighted by molar-refractivity contribution is 0.788. The smallest absolute Gasteiger partial charge is 0.0886 e. The Hall–Kier alpha value is -2.67. The largest absolute Gasteiger partial charge is 0.366 e. The molecule has 0 aliphatic carbocycles. The predicted molar refractivity (Wildman–Crippen MR) is 138 cm³/mol. The van der Waals surface area contributed by atoms with Crippen molar-refractivity contribution in [1.29, 1.82) is 0 Å². The van der Waals surface area contributed by atoms with E-state index < -0.39 is 0 Å². The number of hydrogen-bond acceptors (Lipinski definition) is 6. The minimum atomic E-state index is 0.120. The Balaban J connectivity index is 1.45. The minimum Gasteiger partial charge on any atom is -0.366 e. The average Bonchev–Trinajstić information content (AvgIpc) is 3.39. The lowest BCUT2D eigenvalue weighted by atomic mass is 9.96. The number of halogens is 1. The average molecular weight is 479 g/mol. The summed E-state index contributed by atoms with van der Waals surface area (Å²) in [6.07, 6.45) is 12.2. The summed E-state index contributed by atoms with van der Waals surface area (Å²) in [6, 6.07) is 9.02. The van der Waals surface area contributed by atoms with Crippen LogP contribution in [0.1, 0.15) is 44.1 Å². The second kappa shape index (κ2) is 9.06. The highest BCUT2D eigenvalue weighted by atomic mass is 35.5. The van der Waals surface area contributed by atoms with Gasteiger partial charge in [0.1, 0.15) is 0 Å². The summed E-state index contributed by atoms with van der Waals surface area (Å²) in [5, 5.41) is 9.65. The highest BCUT2D eigenvalue weighted by Crippen LogP contribution is 2.41. The van der Waals surface area contributed by atoms with Crippen LogP contribution in [0.15, 0.2) is 64.2 Å². The van der Waals surface area contributed by atoms with E-state index in [1.807, 2.05) is 23.7 Å². The molecule has 1 aromatic carbocycles. The molecule has 32 heavy (non-hydrogen) atoms. The Morgan fingerprint density at radius 3 is 2.44 bits per heavy atom. The van der Waals surface area contributed by atoms with Crippen molar-refractivity contribution in [2.75, 3.05) is 0 Å². The molecule has 2 aromatic heterocycles. The van der Waals surface area contributed by atoms with Crippen molar-refractivity contribution in [3.05, 3.63) is 91.2 Å². The van der Waals surface area contributed by atoms with Crippen LogP contribution < -0.4 is 10.6 Å². The molecule has 2 N–H and O–H groups in total. The van der Waals surface area contributed by atoms with Crippen molar-refractivity contribution in [2.45, 2.75) is 32.4 Å². The number of nitrogens with zero attached hydrogens (tertiary/aromatic N) is 2. The monoisotopic (exact) mass is 478 g/mol. The molecule has 0 saturated carbocycles. The lowest BCUT2D eigenvalue weighted by Gasteiger charge is -2.18. The van der Waals surface area contributed by atoms with Gasteiger partial charge in [0.15, 0.2) is 0 Å². The Bertz CT molecular complexity index is 1260. The third-order valence-electron chi connectivity index (χ3n) is 5.76. The summed E-state index contributed by atoms with van der Waals surface area (Å²) < 4.78 is 0. The number of rotatable bonds is 5. The van der Waals surface area contributed by atoms with Gasteiger partial charge in [-0.15, -0.1) is 22.7 Å². The summed E-state index contributed by atoms with van der Waals surface area (Å²) in [7, 11) is 0. The number of benzene rings is 1. The van der Waals surface area contributed by atoms with E-state index in [4.69, 9.17) is 11.6 Å². The van der Waals surface area contributed by atoms with Gasteiger partial charge >= 0.3 is 0 Å². The summed E-state index contributed by atoms with van der Waals surface area (Å²) in [6.45, 7) is 4.38. The van der Waals surface area contributed by atoms with Gasteiger partial charge in [0.05, 0.1) is 24.8 Å². The molecule has 4 nitrogen and oxygen atoms in total. The normalized spacial score (nSPS) is 19.2. The van der Waals surface area contributed by atoms with Gasteiger partial charge in [0.25, 0.3) is 0 Å². The topological polar surface area (TPSA) is 48.8 Å². The van der Waals surface area contributed by atoms with Gasteiger partial charge in [-0.2, -0.15) is 0 Å². The maximum absolute atomic E-state index is 6.60. The Morgan fingerprint density at radius 1 is 0.969 bits per heavy atom. The van der Waals surface area contributed by atoms with Crippen LogP contribution in [0.4, 0.5) is 0 Å². The molecule has 4 heterocycles. The maximum Gasteiger partial charge on any atom is 0.0886 e. The van der Waals surface area contributed by atoms with Crippen molar-refractivity contribution in [3.63, 3.8) is 0 Å². The molecule has 0 fully saturated rings. The lowest BCUT2D eigenvalue weighted by Crippen LogP contribution is -2.20. The van der Waals surface area contributed by atoms with Crippen LogP contribution in [-0.2, 0) is 6.42 Å². The van der Waals surface area contributed by atoms with Crippen molar-refractivity contribution >= 4 is 47.0 Å². The van der Waals surface area contributed by atoms with E-state index in [2.05, 4.69) is 76.3 Å². The number of aryl methyl sites for hydroxylation is 1. The van der Waals surface area contributed by atoms with Gasteiger partial charge in [0, 0.05) is 44.0 Å². The molecule has 5 rings (SSSR count). The van der Waals surface area contributed by atoms with E-state index >= 15 is 0 Å². The molecule has 2 unspecified atom stereocenters. The standard InChI is InChI=1S/C25H23ClN4S2/c1-15-16(2)32-25(24(15)23-4-6-28-14-30-23)18-7-17(8-20(26)10-18)9-21-11-19(12-31-21)22-3-5-27-13-29-22/h3-8,10-14,22-23H,9H2,1-2H3,(H,27,29)(H,28,30). The zero-order chi connectivity index (χ0) is 22.1. The van der Waals surface area contributed by atoms with Crippen LogP contribution in [-0.4, -0.2) is 12.7 Å². The van der Waals surface area contributed by atoms with Gasteiger partial charge in [-0.05, 0) is 77.9 Å². The number of nitrogens with one attached hydrogen (secondary N) is 2. The summed E-state index contributed by atoms with van der Waals surface area (Å²) in [5.74, 6) is 0. The van der Waals surface area contributed by atoms with E-state index in [9.17, 15) is 0 Å². The van der Waals surface area contributed by atoms with Crippen molar-refractivity contribution in [3.8, 4) is 10.4 Å². The zero-order valence-corrected chi connectivity index (χ0v) is 20.2. The second-order valence-corrected chi connectivity index (χ2v) is 10.6. The summed E-state index contributed by atoms with van der Waals surface area (Å²) >= 11 is 10.2. The molecule has 2 atom stereocenters. The number of hydrogen-bond donors (Lipinski definition) is 2. The Morgan fingerprint density at radius 2 is 1.72 bits per heavy atom. The third kappa shape index (κ3) is 4.31. The molecule has 0 saturated heterocycles. The van der Waals surface area contributed by atoms with Gasteiger partial charge < -0.3 is 10.6 Å². The first-order valence-corrected chi connectivity index (χ1v) is 12.5. The van der Waals surface area contributed by atoms with E-state index in [0.717, 1.165) is 11.4 Å². The van der Waals surface area contributed by atoms with Crippen LogP contribution in [0, 0.1) is 13.8 Å². The van der Waals surface area contributed by atoms with E-state index in [-0.39, 0.29) is 12.1 Å². The van der Waals surface area contributed by atoms with Gasteiger partial charge in [-0.3, -0.25) is 0 Å². The molecule has 2 aliphatic heterocycles. The molecule has 162 valence electrons. The van der Waals surface area contributed by atoms with Gasteiger partial charge in [0.2, 0.25) is 0 Å². The van der Waals surface area contributed by atoms with Crippen LogP contribution in [0.5, 0.6) is 0 Å². The molecule has 2 aliphatic rings. The molecule has 0 spiro atoms. The fourth-order valence-electron chi connectivity index (χ4n) is 4.07. The van der Waals surface area contributed by atoms with Crippen LogP contribution >= 0.6 is 34.3 Å². The summed E-state index contributed by atoms with van der Waals surface area (Å²) in [4.78, 5) is 12.1. The quantitative estimate of drug-likeness (QED) is 0.428. The van der Waals surface area contributed by atoms with Crippen molar-refractivity contribution < 1.29 is 0 Å². The Labute approximate surface area is 201 Å². The van der Waals surface area contributed by atoms with E-state index in [0.29, 0.717) is 0 Å². The van der Waals surface area contributed by atoms with Crippen molar-refractivity contribution in [2.24, 2.45) is 9.98 Å². The van der Waals surface area contributed by atoms with Gasteiger partial charge in [-0.1, -0.05) is 11.6 Å². The molecule has 0 amide bonds. The molecule has 0 bridgehead atoms. The first-order chi connectivity index (χ1) is 15.6. The number of aliphatic imine (C=N–C) groups is 2. The van der Waals surface area contributed by atoms with E-state index in [1.54, 1.807) is 24.0 Å². The first-order valence-electron chi connectivity index (χ1n) is 10.4. The Kier molecular flexibility index (Phi) is 6.00. The fraction of sp³-hybridized carbons (Fsp3) is 0.200. The van der Waals surface area contributed by atoms with Crippen LogP contribution in [0.3, 0.4) is 0 Å². The first kappa shape index (κ1) is 21.2. The zero-order valence-electron chi connectivity index (χ0n) is 17.8. The molecule has 3 aromatic rings. The second-order valence-electron chi connectivity index (χ2n) is 7.93. The molecule has 0 radical (unpaired) electrons. The summed E-state index contributed by atoms with van der Waals surface area (Å²) in [5.41, 5.74) is 6.28. The third-order valence-corrected chi connectivity index (χ3v) is 8.21. The molecular weight excluding hydrogens is 456 g/mol. The van der Waals surface area contributed by atoms with E-state index in [1.165, 1.54) is 42.4 Å². The number of thiophene rings is 2. The fourth-order valence-corrected chi connectivity index (χ4v) is 6.48. The highest BCUT2D eigenvalue weighted by molar-refractivity contribution is 7.15. The predicted octanol–water partition coefficient (Wildman–Crippen LogP) is 6.71. The molecule has 7 heteroatoms. The van der Waals surface area contributed by atoms with Gasteiger partial charge in [-0.25, -0.2) is 9.98 Å². The van der Waals surface area contributed by atoms with Crippen LogP contribution in [0.25, 0.3) is 10.4 Å². The maximum atomic E-state index is 6.60. The molecular formula is C25H23ClN4S2. The minimum absolute atomic E-state index is 0.120. The van der Waals surface area contributed by atoms with Crippen LogP contribution in [0.2, 0.25) is 5.02 Å². The van der Waals surface area contributed by atoms with Crippen molar-refractivity contribution in [1.82, 2.24) is 10.6 Å². The SMILES string of the molecule is Cc1sc(-c2cc(Cl)cc(Cc3cc(C4C=CN=CN4)cs3)c2)c(C2C=CN=CN2)c1C.